The van der Waals surface area contributed by atoms with E-state index < -0.39 is 11.5 Å². The summed E-state index contributed by atoms with van der Waals surface area (Å²) in [6.45, 7) is 14.7. The predicted octanol–water partition coefficient (Wildman–Crippen LogP) is 3.47. The maximum atomic E-state index is 13.4. The second-order valence-corrected chi connectivity index (χ2v) is 9.02. The van der Waals surface area contributed by atoms with Crippen molar-refractivity contribution in [2.75, 3.05) is 26.3 Å². The average Bonchev–Trinajstić information content (AvgIpc) is 3.25. The van der Waals surface area contributed by atoms with Gasteiger partial charge in [-0.15, -0.1) is 0 Å². The molecule has 0 radical (unpaired) electrons. The zero-order valence-electron chi connectivity index (χ0n) is 20.0. The molecule has 1 aliphatic rings. The Bertz CT molecular complexity index is 816. The Morgan fingerprint density at radius 3 is 2.42 bits per heavy atom. The fraction of sp³-hybridized carbons (Fsp3) is 0.696. The molecule has 8 nitrogen and oxygen atoms in total. The summed E-state index contributed by atoms with van der Waals surface area (Å²) >= 11 is 0. The summed E-state index contributed by atoms with van der Waals surface area (Å²) in [6, 6.07) is -0.299. The van der Waals surface area contributed by atoms with Crippen LogP contribution in [0.25, 0.3) is 0 Å². The zero-order valence-corrected chi connectivity index (χ0v) is 20.0. The van der Waals surface area contributed by atoms with Crippen LogP contribution in [-0.4, -0.2) is 65.2 Å². The third-order valence-corrected chi connectivity index (χ3v) is 5.38. The Balaban J connectivity index is 2.33. The number of esters is 1. The molecule has 0 bridgehead atoms. The number of nitrogens with zero attached hydrogens (tertiary/aromatic N) is 2. The van der Waals surface area contributed by atoms with Gasteiger partial charge in [0.15, 0.2) is 5.78 Å². The van der Waals surface area contributed by atoms with Gasteiger partial charge >= 0.3 is 12.0 Å². The van der Waals surface area contributed by atoms with Crippen LogP contribution in [0.4, 0.5) is 4.79 Å². The Hall–Kier alpha value is -2.35. The Labute approximate surface area is 185 Å². The van der Waals surface area contributed by atoms with Crippen molar-refractivity contribution in [1.82, 2.24) is 14.8 Å². The summed E-state index contributed by atoms with van der Waals surface area (Å²) in [6.07, 6.45) is 1.74. The van der Waals surface area contributed by atoms with E-state index in [0.29, 0.717) is 42.2 Å². The summed E-state index contributed by atoms with van der Waals surface area (Å²) in [4.78, 5) is 40.3. The van der Waals surface area contributed by atoms with Gasteiger partial charge in [-0.25, -0.2) is 9.59 Å². The van der Waals surface area contributed by atoms with E-state index in [-0.39, 0.29) is 31.1 Å². The first kappa shape index (κ1) is 24.9. The smallest absolute Gasteiger partial charge is 0.355 e. The van der Waals surface area contributed by atoms with Crippen LogP contribution in [0.3, 0.4) is 0 Å². The Morgan fingerprint density at radius 2 is 1.90 bits per heavy atom. The van der Waals surface area contributed by atoms with E-state index in [1.165, 1.54) is 4.90 Å². The molecule has 1 fully saturated rings. The first-order valence-electron chi connectivity index (χ1n) is 11.1. The number of hydrogen-bond donors (Lipinski definition) is 1. The number of amides is 2. The van der Waals surface area contributed by atoms with E-state index in [2.05, 4.69) is 5.32 Å². The number of rotatable bonds is 8. The van der Waals surface area contributed by atoms with Crippen molar-refractivity contribution in [2.24, 2.45) is 0 Å². The Morgan fingerprint density at radius 1 is 1.23 bits per heavy atom. The van der Waals surface area contributed by atoms with Crippen LogP contribution in [0.2, 0.25) is 0 Å². The number of Topliss-reactive ketones (excluding diaryl/α,β-unsaturated/α-hetero) is 1. The second-order valence-electron chi connectivity index (χ2n) is 9.02. The number of carbonyl (C=O) groups is 3. The number of ketones is 1. The van der Waals surface area contributed by atoms with Crippen molar-refractivity contribution >= 4 is 17.8 Å². The van der Waals surface area contributed by atoms with Gasteiger partial charge in [0.05, 0.1) is 19.3 Å². The topological polar surface area (TPSA) is 89.9 Å². The molecule has 2 heterocycles. The van der Waals surface area contributed by atoms with Crippen LogP contribution in [-0.2, 0) is 16.0 Å². The minimum absolute atomic E-state index is 0.0731. The standard InChI is InChI=1S/C23H37N3O5/c1-8-26-16(4)19(15(3)20(26)21(28)30-9-2)18(27)14-25(13-17-11-10-12-31-17)22(29)24-23(5,6)7/h17H,8-14H2,1-7H3,(H,24,29). The summed E-state index contributed by atoms with van der Waals surface area (Å²) in [5, 5.41) is 2.94. The molecule has 2 rings (SSSR count). The molecular formula is C23H37N3O5. The fourth-order valence-corrected chi connectivity index (χ4v) is 4.07. The predicted molar refractivity (Wildman–Crippen MR) is 119 cm³/mol. The molecule has 0 spiro atoms. The molecule has 0 aliphatic carbocycles. The number of carbonyl (C=O) groups excluding carboxylic acids is 3. The van der Waals surface area contributed by atoms with E-state index >= 15 is 0 Å². The van der Waals surface area contributed by atoms with Gasteiger partial charge in [0.25, 0.3) is 0 Å². The lowest BCUT2D eigenvalue weighted by Crippen LogP contribution is -2.51. The van der Waals surface area contributed by atoms with Crippen LogP contribution in [0.5, 0.6) is 0 Å². The molecule has 1 aromatic heterocycles. The minimum Gasteiger partial charge on any atom is -0.461 e. The number of urea groups is 1. The summed E-state index contributed by atoms with van der Waals surface area (Å²) in [5.41, 5.74) is 1.75. The van der Waals surface area contributed by atoms with Gasteiger partial charge in [-0.2, -0.15) is 0 Å². The lowest BCUT2D eigenvalue weighted by atomic mass is 10.0. The van der Waals surface area contributed by atoms with Crippen LogP contribution < -0.4 is 5.32 Å². The molecule has 0 saturated carbocycles. The molecule has 8 heteroatoms. The largest absolute Gasteiger partial charge is 0.461 e. The molecule has 1 saturated heterocycles. The minimum atomic E-state index is -0.439. The van der Waals surface area contributed by atoms with Crippen molar-refractivity contribution in [3.63, 3.8) is 0 Å². The highest BCUT2D eigenvalue weighted by Gasteiger charge is 2.31. The highest BCUT2D eigenvalue weighted by molar-refractivity contribution is 6.04. The van der Waals surface area contributed by atoms with Gasteiger partial charge < -0.3 is 24.3 Å². The highest BCUT2D eigenvalue weighted by atomic mass is 16.5. The van der Waals surface area contributed by atoms with Crippen LogP contribution >= 0.6 is 0 Å². The van der Waals surface area contributed by atoms with Gasteiger partial charge in [0.2, 0.25) is 0 Å². The van der Waals surface area contributed by atoms with Crippen molar-refractivity contribution in [3.8, 4) is 0 Å². The van der Waals surface area contributed by atoms with E-state index in [1.807, 2.05) is 34.6 Å². The van der Waals surface area contributed by atoms with Crippen molar-refractivity contribution < 1.29 is 23.9 Å². The lowest BCUT2D eigenvalue weighted by Gasteiger charge is -2.29. The van der Waals surface area contributed by atoms with Gasteiger partial charge in [0.1, 0.15) is 5.69 Å². The summed E-state index contributed by atoms with van der Waals surface area (Å²) in [5.74, 6) is -0.638. The second kappa shape index (κ2) is 10.3. The van der Waals surface area contributed by atoms with Crippen molar-refractivity contribution in [2.45, 2.75) is 79.5 Å². The molecule has 1 atom stereocenters. The molecule has 1 unspecified atom stereocenters. The maximum absolute atomic E-state index is 13.4. The molecular weight excluding hydrogens is 398 g/mol. The monoisotopic (exact) mass is 435 g/mol. The SMILES string of the molecule is CCOC(=O)c1c(C)c(C(=O)CN(CC2CCCO2)C(=O)NC(C)(C)C)c(C)n1CC. The normalized spacial score (nSPS) is 16.3. The first-order valence-corrected chi connectivity index (χ1v) is 11.1. The maximum Gasteiger partial charge on any atom is 0.355 e. The summed E-state index contributed by atoms with van der Waals surface area (Å²) in [7, 11) is 0. The molecule has 1 N–H and O–H groups in total. The van der Waals surface area contributed by atoms with Crippen LogP contribution in [0.1, 0.15) is 79.6 Å². The molecule has 0 aromatic carbocycles. The molecule has 1 aliphatic heterocycles. The number of ether oxygens (including phenoxy) is 2. The molecule has 1 aromatic rings. The van der Waals surface area contributed by atoms with Gasteiger partial charge in [0, 0.05) is 36.5 Å². The molecule has 31 heavy (non-hydrogen) atoms. The highest BCUT2D eigenvalue weighted by Crippen LogP contribution is 2.24. The third-order valence-electron chi connectivity index (χ3n) is 5.38. The number of nitrogens with one attached hydrogen (secondary N) is 1. The molecule has 2 amide bonds. The van der Waals surface area contributed by atoms with Crippen LogP contribution in [0, 0.1) is 13.8 Å². The number of hydrogen-bond acceptors (Lipinski definition) is 5. The summed E-state index contributed by atoms with van der Waals surface area (Å²) < 4.78 is 12.7. The third kappa shape index (κ3) is 6.09. The van der Waals surface area contributed by atoms with Gasteiger partial charge in [-0.05, 0) is 66.9 Å². The molecule has 174 valence electrons. The average molecular weight is 436 g/mol. The van der Waals surface area contributed by atoms with E-state index in [4.69, 9.17) is 9.47 Å². The van der Waals surface area contributed by atoms with E-state index in [0.717, 1.165) is 12.8 Å². The number of aromatic nitrogens is 1. The Kier molecular flexibility index (Phi) is 8.28. The van der Waals surface area contributed by atoms with E-state index in [1.54, 1.807) is 18.4 Å². The van der Waals surface area contributed by atoms with Crippen molar-refractivity contribution in [3.05, 3.63) is 22.5 Å². The quantitative estimate of drug-likeness (QED) is 0.499. The van der Waals surface area contributed by atoms with Gasteiger partial charge in [-0.1, -0.05) is 0 Å². The van der Waals surface area contributed by atoms with Crippen molar-refractivity contribution in [1.29, 1.82) is 0 Å². The van der Waals surface area contributed by atoms with Gasteiger partial charge in [-0.3, -0.25) is 4.79 Å². The fourth-order valence-electron chi connectivity index (χ4n) is 4.07. The lowest BCUT2D eigenvalue weighted by molar-refractivity contribution is 0.0512. The van der Waals surface area contributed by atoms with Crippen LogP contribution in [0.15, 0.2) is 0 Å². The van der Waals surface area contributed by atoms with E-state index in [9.17, 15) is 14.4 Å². The first-order chi connectivity index (χ1) is 14.5. The zero-order chi connectivity index (χ0) is 23.3.